The zero-order valence-electron chi connectivity index (χ0n) is 17.7. The van der Waals surface area contributed by atoms with Gasteiger partial charge in [0.2, 0.25) is 6.23 Å². The number of dihydropyridines is 1. The van der Waals surface area contributed by atoms with E-state index in [2.05, 4.69) is 70.4 Å². The van der Waals surface area contributed by atoms with E-state index in [1.807, 2.05) is 14.0 Å². The van der Waals surface area contributed by atoms with Crippen LogP contribution in [0.15, 0.2) is 28.9 Å². The van der Waals surface area contributed by atoms with Crippen molar-refractivity contribution in [3.8, 4) is 5.75 Å². The standard InChI is InChI=1S/C22H35N3O/c1-9-18(10-2)25-19-13-17(6)24-21(22(19,7)23-8)26-20-15(4)11-14(3)12-16(20)5/h11-13,18,21,23,25H,9-10H2,1-8H3. The monoisotopic (exact) mass is 357 g/mol. The summed E-state index contributed by atoms with van der Waals surface area (Å²) in [6, 6.07) is 4.78. The van der Waals surface area contributed by atoms with E-state index >= 15 is 0 Å². The zero-order chi connectivity index (χ0) is 19.5. The largest absolute Gasteiger partial charge is 0.466 e. The Morgan fingerprint density at radius 3 is 2.19 bits per heavy atom. The third-order valence-corrected chi connectivity index (χ3v) is 5.43. The maximum Gasteiger partial charge on any atom is 0.213 e. The first-order valence-electron chi connectivity index (χ1n) is 9.71. The topological polar surface area (TPSA) is 45.7 Å². The van der Waals surface area contributed by atoms with E-state index in [1.54, 1.807) is 0 Å². The Morgan fingerprint density at radius 1 is 1.12 bits per heavy atom. The van der Waals surface area contributed by atoms with Gasteiger partial charge in [-0.25, -0.2) is 4.99 Å². The van der Waals surface area contributed by atoms with Crippen LogP contribution in [0.4, 0.5) is 0 Å². The molecule has 0 aromatic heterocycles. The van der Waals surface area contributed by atoms with Crippen molar-refractivity contribution in [2.24, 2.45) is 4.99 Å². The summed E-state index contributed by atoms with van der Waals surface area (Å²) in [5.41, 5.74) is 5.28. The normalized spacial score (nSPS) is 22.9. The smallest absolute Gasteiger partial charge is 0.213 e. The van der Waals surface area contributed by atoms with Gasteiger partial charge in [0, 0.05) is 17.5 Å². The molecule has 0 radical (unpaired) electrons. The first kappa shape index (κ1) is 20.5. The van der Waals surface area contributed by atoms with Crippen molar-refractivity contribution in [3.63, 3.8) is 0 Å². The van der Waals surface area contributed by atoms with E-state index in [1.165, 1.54) is 5.56 Å². The Labute approximate surface area is 159 Å². The summed E-state index contributed by atoms with van der Waals surface area (Å²) >= 11 is 0. The molecule has 0 saturated heterocycles. The van der Waals surface area contributed by atoms with Gasteiger partial charge in [-0.1, -0.05) is 31.5 Å². The Morgan fingerprint density at radius 2 is 1.69 bits per heavy atom. The van der Waals surface area contributed by atoms with Crippen molar-refractivity contribution in [1.82, 2.24) is 10.6 Å². The first-order chi connectivity index (χ1) is 12.2. The quantitative estimate of drug-likeness (QED) is 0.759. The molecule has 1 aromatic carbocycles. The fourth-order valence-corrected chi connectivity index (χ4v) is 3.61. The minimum absolute atomic E-state index is 0.325. The summed E-state index contributed by atoms with van der Waals surface area (Å²) in [5, 5.41) is 7.18. The number of aliphatic imine (C=N–C) groups is 1. The number of hydrogen-bond acceptors (Lipinski definition) is 4. The summed E-state index contributed by atoms with van der Waals surface area (Å²) in [7, 11) is 1.98. The van der Waals surface area contributed by atoms with Crippen molar-refractivity contribution < 1.29 is 4.74 Å². The molecule has 1 heterocycles. The van der Waals surface area contributed by atoms with Crippen molar-refractivity contribution in [2.45, 2.75) is 79.1 Å². The molecule has 0 amide bonds. The second-order valence-corrected chi connectivity index (χ2v) is 7.64. The number of benzene rings is 1. The number of likely N-dealkylation sites (N-methyl/N-ethyl adjacent to an activating group) is 1. The lowest BCUT2D eigenvalue weighted by Gasteiger charge is -2.41. The van der Waals surface area contributed by atoms with Crippen LogP contribution in [-0.2, 0) is 0 Å². The third kappa shape index (κ3) is 4.12. The molecule has 4 nitrogen and oxygen atoms in total. The molecule has 0 saturated carbocycles. The van der Waals surface area contributed by atoms with Crippen LogP contribution < -0.4 is 15.4 Å². The lowest BCUT2D eigenvalue weighted by atomic mass is 9.90. The molecule has 26 heavy (non-hydrogen) atoms. The molecule has 0 spiro atoms. The number of ether oxygens (including phenoxy) is 1. The van der Waals surface area contributed by atoms with Gasteiger partial charge in [-0.05, 0) is 71.7 Å². The van der Waals surface area contributed by atoms with Crippen LogP contribution in [-0.4, -0.2) is 30.6 Å². The molecule has 2 atom stereocenters. The van der Waals surface area contributed by atoms with Gasteiger partial charge in [-0.15, -0.1) is 0 Å². The number of hydrogen-bond donors (Lipinski definition) is 2. The second-order valence-electron chi connectivity index (χ2n) is 7.64. The van der Waals surface area contributed by atoms with Crippen molar-refractivity contribution in [3.05, 3.63) is 40.6 Å². The molecule has 2 rings (SSSR count). The van der Waals surface area contributed by atoms with Crippen molar-refractivity contribution >= 4 is 5.71 Å². The summed E-state index contributed by atoms with van der Waals surface area (Å²) < 4.78 is 6.50. The summed E-state index contributed by atoms with van der Waals surface area (Å²) in [6.45, 7) is 15.0. The van der Waals surface area contributed by atoms with Crippen molar-refractivity contribution in [2.75, 3.05) is 7.05 Å². The fourth-order valence-electron chi connectivity index (χ4n) is 3.61. The van der Waals surface area contributed by atoms with Crippen LogP contribution in [0, 0.1) is 20.8 Å². The number of aryl methyl sites for hydroxylation is 3. The lowest BCUT2D eigenvalue weighted by molar-refractivity contribution is 0.117. The molecule has 144 valence electrons. The number of allylic oxidation sites excluding steroid dienone is 1. The van der Waals surface area contributed by atoms with Crippen molar-refractivity contribution in [1.29, 1.82) is 0 Å². The predicted octanol–water partition coefficient (Wildman–Crippen LogP) is 4.43. The molecule has 1 aromatic rings. The zero-order valence-corrected chi connectivity index (χ0v) is 17.7. The Hall–Kier alpha value is -1.81. The van der Waals surface area contributed by atoms with Gasteiger partial charge in [0.25, 0.3) is 0 Å². The average Bonchev–Trinajstić information content (AvgIpc) is 2.59. The molecule has 0 aliphatic carbocycles. The van der Waals surface area contributed by atoms with Gasteiger partial charge in [0.15, 0.2) is 0 Å². The highest BCUT2D eigenvalue weighted by Gasteiger charge is 2.41. The van der Waals surface area contributed by atoms with E-state index in [9.17, 15) is 0 Å². The van der Waals surface area contributed by atoms with Crippen LogP contribution in [0.3, 0.4) is 0 Å². The van der Waals surface area contributed by atoms with Gasteiger partial charge < -0.3 is 15.4 Å². The number of rotatable bonds is 7. The second kappa shape index (κ2) is 8.26. The predicted molar refractivity (Wildman–Crippen MR) is 111 cm³/mol. The summed E-state index contributed by atoms with van der Waals surface area (Å²) in [5.74, 6) is 0.933. The highest BCUT2D eigenvalue weighted by molar-refractivity contribution is 5.94. The highest BCUT2D eigenvalue weighted by Crippen LogP contribution is 2.32. The maximum atomic E-state index is 6.50. The van der Waals surface area contributed by atoms with Crippen LogP contribution in [0.25, 0.3) is 0 Å². The SMILES string of the molecule is CCC(CC)NC1=CC(C)=NC(Oc2c(C)cc(C)cc2C)C1(C)NC. The van der Waals surface area contributed by atoms with E-state index in [0.717, 1.165) is 41.1 Å². The lowest BCUT2D eigenvalue weighted by Crippen LogP contribution is -2.59. The molecule has 0 fully saturated rings. The molecular formula is C22H35N3O. The highest BCUT2D eigenvalue weighted by atomic mass is 16.5. The third-order valence-electron chi connectivity index (χ3n) is 5.43. The number of nitrogens with zero attached hydrogens (tertiary/aromatic N) is 1. The maximum absolute atomic E-state index is 6.50. The molecule has 1 aliphatic heterocycles. The van der Waals surface area contributed by atoms with Gasteiger partial charge in [-0.3, -0.25) is 0 Å². The summed E-state index contributed by atoms with van der Waals surface area (Å²) in [6.07, 6.45) is 4.00. The molecule has 4 heteroatoms. The van der Waals surface area contributed by atoms with E-state index < -0.39 is 5.54 Å². The van der Waals surface area contributed by atoms with Crippen LogP contribution in [0.1, 0.15) is 57.2 Å². The van der Waals surface area contributed by atoms with Crippen LogP contribution >= 0.6 is 0 Å². The first-order valence-corrected chi connectivity index (χ1v) is 9.71. The van der Waals surface area contributed by atoms with Gasteiger partial charge in [0.05, 0.1) is 0 Å². The van der Waals surface area contributed by atoms with E-state index in [4.69, 9.17) is 9.73 Å². The summed E-state index contributed by atoms with van der Waals surface area (Å²) in [4.78, 5) is 4.83. The molecule has 0 bridgehead atoms. The van der Waals surface area contributed by atoms with Crippen LogP contribution in [0.5, 0.6) is 5.75 Å². The minimum Gasteiger partial charge on any atom is -0.466 e. The van der Waals surface area contributed by atoms with Gasteiger partial charge in [-0.2, -0.15) is 0 Å². The minimum atomic E-state index is -0.411. The Kier molecular flexibility index (Phi) is 6.51. The molecule has 2 unspecified atom stereocenters. The fraction of sp³-hybridized carbons (Fsp3) is 0.591. The molecule has 1 aliphatic rings. The van der Waals surface area contributed by atoms with E-state index in [-0.39, 0.29) is 6.23 Å². The van der Waals surface area contributed by atoms with Gasteiger partial charge in [0.1, 0.15) is 11.3 Å². The molecule has 2 N–H and O–H groups in total. The Bertz CT molecular complexity index is 680. The number of nitrogens with one attached hydrogen (secondary N) is 2. The molecular weight excluding hydrogens is 322 g/mol. The van der Waals surface area contributed by atoms with Gasteiger partial charge >= 0.3 is 0 Å². The van der Waals surface area contributed by atoms with E-state index in [0.29, 0.717) is 6.04 Å². The Balaban J connectivity index is 2.38. The van der Waals surface area contributed by atoms with Crippen LogP contribution in [0.2, 0.25) is 0 Å². The average molecular weight is 358 g/mol.